The van der Waals surface area contributed by atoms with Crippen LogP contribution in [0.15, 0.2) is 82.0 Å². The number of nitrogen functional groups attached to an aromatic ring is 1. The maximum absolute atomic E-state index is 13.5. The molecule has 3 aromatic carbocycles. The van der Waals surface area contributed by atoms with E-state index in [9.17, 15) is 17.4 Å². The zero-order valence-corrected chi connectivity index (χ0v) is 20.1. The number of halogens is 1. The van der Waals surface area contributed by atoms with Gasteiger partial charge in [0.1, 0.15) is 27.3 Å². The van der Waals surface area contributed by atoms with E-state index < -0.39 is 15.0 Å². The first-order chi connectivity index (χ1) is 14.7. The Morgan fingerprint density at radius 3 is 2.38 bits per heavy atom. The van der Waals surface area contributed by atoms with Crippen LogP contribution in [0, 0.1) is 12.7 Å². The van der Waals surface area contributed by atoms with Gasteiger partial charge in [-0.05, 0) is 42.8 Å². The summed E-state index contributed by atoms with van der Waals surface area (Å²) in [5, 5.41) is 8.70. The minimum atomic E-state index is -4.75. The second kappa shape index (κ2) is 9.43. The van der Waals surface area contributed by atoms with E-state index in [1.807, 2.05) is 6.92 Å². The molecule has 0 bridgehead atoms. The first-order valence-corrected chi connectivity index (χ1v) is 10.6. The van der Waals surface area contributed by atoms with Crippen LogP contribution in [-0.4, -0.2) is 18.0 Å². The number of aromatic nitrogens is 1. The monoisotopic (exact) mass is 458 g/mol. The van der Waals surface area contributed by atoms with E-state index >= 15 is 0 Å². The Balaban J connectivity index is 0.00000289. The van der Waals surface area contributed by atoms with Crippen LogP contribution in [-0.2, 0) is 10.1 Å². The number of nitrogens with two attached hydrogens (primary N) is 1. The van der Waals surface area contributed by atoms with Crippen molar-refractivity contribution in [2.45, 2.75) is 11.8 Å². The maximum atomic E-state index is 13.5. The molecule has 7 nitrogen and oxygen atoms in total. The Labute approximate surface area is 206 Å². The van der Waals surface area contributed by atoms with E-state index in [-0.39, 0.29) is 52.1 Å². The van der Waals surface area contributed by atoms with Crippen molar-refractivity contribution < 1.29 is 46.9 Å². The molecule has 1 heterocycles. The molecule has 0 radical (unpaired) electrons. The van der Waals surface area contributed by atoms with Gasteiger partial charge in [0.2, 0.25) is 0 Å². The topological polar surface area (TPSA) is 121 Å². The van der Waals surface area contributed by atoms with E-state index in [2.05, 4.69) is 15.2 Å². The second-order valence-corrected chi connectivity index (χ2v) is 8.22. The molecule has 0 spiro atoms. The summed E-state index contributed by atoms with van der Waals surface area (Å²) in [6.07, 6.45) is 1.45. The van der Waals surface area contributed by atoms with Gasteiger partial charge in [0.25, 0.3) is 0 Å². The van der Waals surface area contributed by atoms with Crippen molar-refractivity contribution in [3.05, 3.63) is 78.2 Å². The third kappa shape index (κ3) is 4.87. The summed E-state index contributed by atoms with van der Waals surface area (Å²) in [6, 6.07) is 15.3. The van der Waals surface area contributed by atoms with Gasteiger partial charge in [0.05, 0.1) is 22.5 Å². The van der Waals surface area contributed by atoms with Gasteiger partial charge in [-0.25, -0.2) is 12.8 Å². The molecule has 0 saturated heterocycles. The quantitative estimate of drug-likeness (QED) is 0.218. The molecule has 1 aromatic heterocycles. The zero-order valence-electron chi connectivity index (χ0n) is 17.3. The van der Waals surface area contributed by atoms with Crippen LogP contribution < -0.4 is 35.3 Å². The number of aryl methyl sites for hydroxylation is 1. The number of nitrogens with zero attached hydrogens (tertiary/aromatic N) is 3. The number of hydrogen-bond acceptors (Lipinski definition) is 7. The smallest absolute Gasteiger partial charge is 0.744 e. The van der Waals surface area contributed by atoms with Crippen LogP contribution in [0.1, 0.15) is 5.56 Å². The molecule has 0 amide bonds. The van der Waals surface area contributed by atoms with Gasteiger partial charge in [-0.3, -0.25) is 4.98 Å². The molecule has 10 heteroatoms. The SMILES string of the molecule is Cc1ccc(F)cc1-c1ccc(N=Nc2cc(S(=O)(=O)[O-])c3ccccc3c2N)cn1.[Na+]. The average molecular weight is 458 g/mol. The predicted octanol–water partition coefficient (Wildman–Crippen LogP) is 2.26. The van der Waals surface area contributed by atoms with Crippen LogP contribution in [0.25, 0.3) is 22.0 Å². The second-order valence-electron chi connectivity index (χ2n) is 6.87. The summed E-state index contributed by atoms with van der Waals surface area (Å²) in [5.41, 5.74) is 8.85. The van der Waals surface area contributed by atoms with Crippen LogP contribution in [0.5, 0.6) is 0 Å². The Hall–Kier alpha value is -2.69. The minimum Gasteiger partial charge on any atom is -0.744 e. The van der Waals surface area contributed by atoms with Crippen molar-refractivity contribution >= 4 is 38.0 Å². The largest absolute Gasteiger partial charge is 1.00 e. The van der Waals surface area contributed by atoms with Gasteiger partial charge in [-0.2, -0.15) is 0 Å². The number of pyridine rings is 1. The summed E-state index contributed by atoms with van der Waals surface area (Å²) in [7, 11) is -4.75. The standard InChI is InChI=1S/C22H17FN4O3S.Na/c1-13-6-7-14(23)10-18(13)19-9-8-15(12-25-19)26-27-20-11-21(31(28,29)30)16-4-2-3-5-17(16)22(20)24;/h2-12H,24H2,1H3,(H,28,29,30);/q;+1/p-1. The van der Waals surface area contributed by atoms with Crippen LogP contribution in [0.2, 0.25) is 0 Å². The number of rotatable bonds is 4. The molecule has 2 N–H and O–H groups in total. The Bertz CT molecular complexity index is 1440. The fourth-order valence-electron chi connectivity index (χ4n) is 3.23. The number of hydrogen-bond donors (Lipinski definition) is 1. The van der Waals surface area contributed by atoms with Gasteiger partial charge in [0, 0.05) is 16.3 Å². The summed E-state index contributed by atoms with van der Waals surface area (Å²) in [6.45, 7) is 1.86. The predicted molar refractivity (Wildman–Crippen MR) is 115 cm³/mol. The molecule has 32 heavy (non-hydrogen) atoms. The van der Waals surface area contributed by atoms with Crippen LogP contribution in [0.3, 0.4) is 0 Å². The molecule has 0 fully saturated rings. The number of anilines is 1. The van der Waals surface area contributed by atoms with Gasteiger partial charge >= 0.3 is 29.6 Å². The van der Waals surface area contributed by atoms with Crippen molar-refractivity contribution in [2.75, 3.05) is 5.73 Å². The summed E-state index contributed by atoms with van der Waals surface area (Å²) in [4.78, 5) is 3.88. The summed E-state index contributed by atoms with van der Waals surface area (Å²) in [5.74, 6) is -0.359. The van der Waals surface area contributed by atoms with Gasteiger partial charge in [-0.15, -0.1) is 10.2 Å². The molecule has 4 rings (SSSR count). The van der Waals surface area contributed by atoms with Gasteiger partial charge in [-0.1, -0.05) is 30.3 Å². The number of benzene rings is 3. The molecule has 0 atom stereocenters. The van der Waals surface area contributed by atoms with Crippen LogP contribution in [0.4, 0.5) is 21.5 Å². The molecule has 156 valence electrons. The van der Waals surface area contributed by atoms with Gasteiger partial charge in [0.15, 0.2) is 0 Å². The van der Waals surface area contributed by atoms with Gasteiger partial charge < -0.3 is 10.3 Å². The van der Waals surface area contributed by atoms with Crippen LogP contribution >= 0.6 is 0 Å². The van der Waals surface area contributed by atoms with Crippen molar-refractivity contribution in [2.24, 2.45) is 10.2 Å². The summed E-state index contributed by atoms with van der Waals surface area (Å²) >= 11 is 0. The first kappa shape index (κ1) is 24.0. The zero-order chi connectivity index (χ0) is 22.2. The third-order valence-corrected chi connectivity index (χ3v) is 5.67. The van der Waals surface area contributed by atoms with Crippen molar-refractivity contribution in [3.8, 4) is 11.3 Å². The number of azo groups is 1. The number of fused-ring (bicyclic) bond motifs is 1. The average Bonchev–Trinajstić information content (AvgIpc) is 2.75. The Morgan fingerprint density at radius 1 is 1.00 bits per heavy atom. The molecule has 0 aliphatic carbocycles. The third-order valence-electron chi connectivity index (χ3n) is 4.79. The maximum Gasteiger partial charge on any atom is 1.00 e. The molecule has 0 unspecified atom stereocenters. The Kier molecular flexibility index (Phi) is 7.06. The Morgan fingerprint density at radius 2 is 1.72 bits per heavy atom. The minimum absolute atomic E-state index is 0. The molecular formula is C22H16FN4NaO3S. The van der Waals surface area contributed by atoms with E-state index in [0.717, 1.165) is 11.6 Å². The van der Waals surface area contributed by atoms with Crippen molar-refractivity contribution in [1.82, 2.24) is 4.98 Å². The van der Waals surface area contributed by atoms with E-state index in [1.54, 1.807) is 36.4 Å². The molecular weight excluding hydrogens is 442 g/mol. The molecule has 0 saturated carbocycles. The van der Waals surface area contributed by atoms with Crippen molar-refractivity contribution in [3.63, 3.8) is 0 Å². The van der Waals surface area contributed by atoms with E-state index in [0.29, 0.717) is 22.3 Å². The van der Waals surface area contributed by atoms with Crippen molar-refractivity contribution in [1.29, 1.82) is 0 Å². The van der Waals surface area contributed by atoms with E-state index in [4.69, 9.17) is 5.73 Å². The fraction of sp³-hybridized carbons (Fsp3) is 0.0455. The molecule has 4 aromatic rings. The first-order valence-electron chi connectivity index (χ1n) is 9.15. The normalized spacial score (nSPS) is 11.6. The molecule has 0 aliphatic rings. The summed E-state index contributed by atoms with van der Waals surface area (Å²) < 4.78 is 48.7. The fourth-order valence-corrected chi connectivity index (χ4v) is 3.93. The van der Waals surface area contributed by atoms with E-state index in [1.165, 1.54) is 24.4 Å². The molecule has 0 aliphatic heterocycles.